The van der Waals surface area contributed by atoms with Crippen molar-refractivity contribution in [3.05, 3.63) is 29.3 Å². The summed E-state index contributed by atoms with van der Waals surface area (Å²) in [6, 6.07) is 7.25. The lowest BCUT2D eigenvalue weighted by Crippen LogP contribution is -2.28. The Morgan fingerprint density at radius 2 is 2.40 bits per heavy atom. The second-order valence-electron chi connectivity index (χ2n) is 5.05. The van der Waals surface area contributed by atoms with E-state index < -0.39 is 0 Å². The lowest BCUT2D eigenvalue weighted by atomic mass is 10.0. The molecule has 2 N–H and O–H groups in total. The van der Waals surface area contributed by atoms with Gasteiger partial charge in [-0.15, -0.1) is 0 Å². The van der Waals surface area contributed by atoms with Crippen LogP contribution in [-0.2, 0) is 4.79 Å². The maximum absolute atomic E-state index is 11.7. The zero-order chi connectivity index (χ0) is 14.2. The zero-order valence-electron chi connectivity index (χ0n) is 11.5. The van der Waals surface area contributed by atoms with Crippen molar-refractivity contribution in [3.8, 4) is 5.75 Å². The molecule has 0 aromatic heterocycles. The van der Waals surface area contributed by atoms with E-state index in [9.17, 15) is 4.79 Å². The predicted octanol–water partition coefficient (Wildman–Crippen LogP) is 2.22. The molecule has 1 amide bonds. The van der Waals surface area contributed by atoms with E-state index in [0.717, 1.165) is 25.3 Å². The highest BCUT2D eigenvalue weighted by molar-refractivity contribution is 6.30. The van der Waals surface area contributed by atoms with E-state index in [1.807, 2.05) is 12.1 Å². The van der Waals surface area contributed by atoms with E-state index in [-0.39, 0.29) is 5.91 Å². The highest BCUT2D eigenvalue weighted by atomic mass is 35.5. The molecule has 0 bridgehead atoms. The van der Waals surface area contributed by atoms with Crippen LogP contribution in [0.3, 0.4) is 0 Å². The van der Waals surface area contributed by atoms with Gasteiger partial charge in [-0.25, -0.2) is 0 Å². The maximum atomic E-state index is 11.7. The Hall–Kier alpha value is -1.26. The van der Waals surface area contributed by atoms with Crippen LogP contribution in [0.25, 0.3) is 0 Å². The number of rotatable bonds is 7. The van der Waals surface area contributed by atoms with Gasteiger partial charge in [0.1, 0.15) is 12.4 Å². The minimum atomic E-state index is 0.103. The van der Waals surface area contributed by atoms with Gasteiger partial charge in [0.05, 0.1) is 6.54 Å². The van der Waals surface area contributed by atoms with E-state index in [1.165, 1.54) is 6.42 Å². The van der Waals surface area contributed by atoms with Gasteiger partial charge < -0.3 is 15.4 Å². The molecule has 0 aliphatic carbocycles. The standard InChI is InChI=1S/C15H21ClN2O2/c16-13-2-1-3-14(10-13)20-9-8-18-15(19)5-4-12-6-7-17-11-12/h1-3,10,12,17H,4-9,11H2,(H,18,19). The molecule has 5 heteroatoms. The second-order valence-corrected chi connectivity index (χ2v) is 5.49. The third-order valence-corrected chi connectivity index (χ3v) is 3.67. The van der Waals surface area contributed by atoms with Crippen LogP contribution >= 0.6 is 11.6 Å². The molecular formula is C15H21ClN2O2. The summed E-state index contributed by atoms with van der Waals surface area (Å²) in [5.74, 6) is 1.49. The lowest BCUT2D eigenvalue weighted by molar-refractivity contribution is -0.121. The molecule has 0 radical (unpaired) electrons. The second kappa shape index (κ2) is 8.12. The molecule has 1 saturated heterocycles. The molecule has 1 aliphatic rings. The summed E-state index contributed by atoms with van der Waals surface area (Å²) in [6.45, 7) is 3.11. The normalized spacial score (nSPS) is 17.9. The minimum absolute atomic E-state index is 0.103. The number of benzene rings is 1. The molecular weight excluding hydrogens is 276 g/mol. The van der Waals surface area contributed by atoms with Crippen LogP contribution in [-0.4, -0.2) is 32.1 Å². The van der Waals surface area contributed by atoms with Crippen LogP contribution in [0.2, 0.25) is 5.02 Å². The molecule has 1 aromatic rings. The highest BCUT2D eigenvalue weighted by Gasteiger charge is 2.15. The Kier molecular flexibility index (Phi) is 6.15. The van der Waals surface area contributed by atoms with Gasteiger partial charge in [0.25, 0.3) is 0 Å². The van der Waals surface area contributed by atoms with Crippen molar-refractivity contribution in [2.75, 3.05) is 26.2 Å². The van der Waals surface area contributed by atoms with E-state index in [4.69, 9.17) is 16.3 Å². The van der Waals surface area contributed by atoms with Crippen molar-refractivity contribution >= 4 is 17.5 Å². The summed E-state index contributed by atoms with van der Waals surface area (Å²) in [5, 5.41) is 6.83. The van der Waals surface area contributed by atoms with Gasteiger partial charge in [-0.05, 0) is 50.0 Å². The number of amides is 1. The fourth-order valence-electron chi connectivity index (χ4n) is 2.30. The number of carbonyl (C=O) groups excluding carboxylic acids is 1. The van der Waals surface area contributed by atoms with E-state index in [0.29, 0.717) is 30.5 Å². The minimum Gasteiger partial charge on any atom is -0.492 e. The van der Waals surface area contributed by atoms with Crippen LogP contribution in [0, 0.1) is 5.92 Å². The van der Waals surface area contributed by atoms with Crippen molar-refractivity contribution in [2.45, 2.75) is 19.3 Å². The first-order valence-electron chi connectivity index (χ1n) is 7.10. The SMILES string of the molecule is O=C(CCC1CCNC1)NCCOc1cccc(Cl)c1. The molecule has 1 aliphatic heterocycles. The topological polar surface area (TPSA) is 50.4 Å². The number of carbonyl (C=O) groups is 1. The third-order valence-electron chi connectivity index (χ3n) is 3.43. The summed E-state index contributed by atoms with van der Waals surface area (Å²) >= 11 is 5.86. The molecule has 1 fully saturated rings. The van der Waals surface area contributed by atoms with Gasteiger partial charge in [-0.1, -0.05) is 17.7 Å². The van der Waals surface area contributed by atoms with Gasteiger partial charge in [0.15, 0.2) is 0 Å². The van der Waals surface area contributed by atoms with E-state index in [1.54, 1.807) is 12.1 Å². The van der Waals surface area contributed by atoms with Gasteiger partial charge in [0.2, 0.25) is 5.91 Å². The Morgan fingerprint density at radius 3 is 3.15 bits per heavy atom. The third kappa shape index (κ3) is 5.39. The smallest absolute Gasteiger partial charge is 0.220 e. The average molecular weight is 297 g/mol. The first kappa shape index (κ1) is 15.1. The summed E-state index contributed by atoms with van der Waals surface area (Å²) in [5.41, 5.74) is 0. The molecule has 0 saturated carbocycles. The molecule has 1 unspecified atom stereocenters. The summed E-state index contributed by atoms with van der Waals surface area (Å²) in [4.78, 5) is 11.7. The van der Waals surface area contributed by atoms with Crippen LogP contribution in [0.15, 0.2) is 24.3 Å². The molecule has 0 spiro atoms. The number of hydrogen-bond acceptors (Lipinski definition) is 3. The predicted molar refractivity (Wildman–Crippen MR) is 80.2 cm³/mol. The van der Waals surface area contributed by atoms with Crippen molar-refractivity contribution in [3.63, 3.8) is 0 Å². The summed E-state index contributed by atoms with van der Waals surface area (Å²) in [7, 11) is 0. The van der Waals surface area contributed by atoms with Crippen LogP contribution in [0.1, 0.15) is 19.3 Å². The number of nitrogens with one attached hydrogen (secondary N) is 2. The van der Waals surface area contributed by atoms with Gasteiger partial charge in [-0.2, -0.15) is 0 Å². The molecule has 1 aromatic carbocycles. The Morgan fingerprint density at radius 1 is 1.50 bits per heavy atom. The molecule has 4 nitrogen and oxygen atoms in total. The summed E-state index contributed by atoms with van der Waals surface area (Å²) < 4.78 is 5.51. The monoisotopic (exact) mass is 296 g/mol. The van der Waals surface area contributed by atoms with E-state index >= 15 is 0 Å². The maximum Gasteiger partial charge on any atom is 0.220 e. The number of hydrogen-bond donors (Lipinski definition) is 2. The highest BCUT2D eigenvalue weighted by Crippen LogP contribution is 2.16. The first-order valence-corrected chi connectivity index (χ1v) is 7.47. The zero-order valence-corrected chi connectivity index (χ0v) is 12.3. The number of halogens is 1. The van der Waals surface area contributed by atoms with E-state index in [2.05, 4.69) is 10.6 Å². The van der Waals surface area contributed by atoms with Crippen molar-refractivity contribution in [1.82, 2.24) is 10.6 Å². The van der Waals surface area contributed by atoms with Crippen LogP contribution in [0.4, 0.5) is 0 Å². The molecule has 110 valence electrons. The molecule has 20 heavy (non-hydrogen) atoms. The van der Waals surface area contributed by atoms with Gasteiger partial charge >= 0.3 is 0 Å². The lowest BCUT2D eigenvalue weighted by Gasteiger charge is -2.09. The van der Waals surface area contributed by atoms with Gasteiger partial charge in [0, 0.05) is 11.4 Å². The largest absolute Gasteiger partial charge is 0.492 e. The average Bonchev–Trinajstić information content (AvgIpc) is 2.95. The van der Waals surface area contributed by atoms with Crippen molar-refractivity contribution in [2.24, 2.45) is 5.92 Å². The van der Waals surface area contributed by atoms with Crippen LogP contribution in [0.5, 0.6) is 5.75 Å². The van der Waals surface area contributed by atoms with Gasteiger partial charge in [-0.3, -0.25) is 4.79 Å². The van der Waals surface area contributed by atoms with Crippen molar-refractivity contribution < 1.29 is 9.53 Å². The fraction of sp³-hybridized carbons (Fsp3) is 0.533. The Balaban J connectivity index is 1.55. The fourth-order valence-corrected chi connectivity index (χ4v) is 2.48. The quantitative estimate of drug-likeness (QED) is 0.759. The summed E-state index contributed by atoms with van der Waals surface area (Å²) in [6.07, 6.45) is 2.75. The van der Waals surface area contributed by atoms with Crippen molar-refractivity contribution in [1.29, 1.82) is 0 Å². The molecule has 2 rings (SSSR count). The molecule has 1 heterocycles. The van der Waals surface area contributed by atoms with Crippen LogP contribution < -0.4 is 15.4 Å². The molecule has 1 atom stereocenters. The number of ether oxygens (including phenoxy) is 1. The first-order chi connectivity index (χ1) is 9.74. The Labute approximate surface area is 124 Å². The Bertz CT molecular complexity index is 434.